The number of nitrogens with zero attached hydrogens (tertiary/aromatic N) is 2. The van der Waals surface area contributed by atoms with E-state index in [4.69, 9.17) is 17.0 Å². The molecule has 2 heterocycles. The highest BCUT2D eigenvalue weighted by Gasteiger charge is 2.43. The van der Waals surface area contributed by atoms with Crippen LogP contribution < -0.4 is 4.90 Å². The van der Waals surface area contributed by atoms with Crippen LogP contribution in [0.25, 0.3) is 11.1 Å². The number of para-hydroxylation sites is 1. The number of ether oxygens (including phenoxy) is 1. The second-order valence-electron chi connectivity index (χ2n) is 12.6. The first-order chi connectivity index (χ1) is 22.7. The molecule has 246 valence electrons. The lowest BCUT2D eigenvalue weighted by molar-refractivity contribution is -0.113. The molecule has 2 fully saturated rings. The maximum absolute atomic E-state index is 13.4. The number of aliphatic hydroxyl groups is 3. The van der Waals surface area contributed by atoms with Gasteiger partial charge in [0.1, 0.15) is 11.6 Å². The third-order valence-corrected chi connectivity index (χ3v) is 9.95. The van der Waals surface area contributed by atoms with Crippen molar-refractivity contribution < 1.29 is 29.6 Å². The summed E-state index contributed by atoms with van der Waals surface area (Å²) < 4.78 is 19.4. The summed E-state index contributed by atoms with van der Waals surface area (Å²) >= 11 is 5.97. The standard InChI is InChI=1S/C38H41FN2O5S/c1-40-33(8-5-9-34(44)25-14-17-28(39)18-15-25)37(41(38(40)47)29-6-3-2-4-7-29)32-19-16-27(20-35(32)45)24-10-12-26(13-11-24)36-22-30(43)21-31(23-42)46-36/h2-4,6-7,10-20,30-31,33-34,36-37,42-45H,5,8-9,21-23H2,1H3. The minimum Gasteiger partial charge on any atom is -0.508 e. The Morgan fingerprint density at radius 1 is 0.936 bits per heavy atom. The van der Waals surface area contributed by atoms with E-state index in [1.807, 2.05) is 73.8 Å². The summed E-state index contributed by atoms with van der Waals surface area (Å²) in [5.74, 6) is -0.170. The van der Waals surface area contributed by atoms with Gasteiger partial charge in [-0.15, -0.1) is 0 Å². The van der Waals surface area contributed by atoms with Crippen molar-refractivity contribution in [3.8, 4) is 16.9 Å². The maximum atomic E-state index is 13.4. The Kier molecular flexibility index (Phi) is 10.2. The molecule has 0 saturated carbocycles. The first kappa shape index (κ1) is 33.1. The first-order valence-electron chi connectivity index (χ1n) is 16.2. The van der Waals surface area contributed by atoms with E-state index >= 15 is 0 Å². The zero-order valence-electron chi connectivity index (χ0n) is 26.3. The Morgan fingerprint density at radius 2 is 1.64 bits per heavy atom. The van der Waals surface area contributed by atoms with Crippen molar-refractivity contribution in [3.05, 3.63) is 120 Å². The highest BCUT2D eigenvalue weighted by atomic mass is 32.1. The number of rotatable bonds is 10. The summed E-state index contributed by atoms with van der Waals surface area (Å²) in [7, 11) is 1.98. The molecule has 0 spiro atoms. The molecule has 47 heavy (non-hydrogen) atoms. The largest absolute Gasteiger partial charge is 0.508 e. The third kappa shape index (κ3) is 7.20. The van der Waals surface area contributed by atoms with E-state index < -0.39 is 12.2 Å². The summed E-state index contributed by atoms with van der Waals surface area (Å²) in [5, 5.41) is 42.8. The molecule has 2 aliphatic heterocycles. The van der Waals surface area contributed by atoms with Crippen molar-refractivity contribution in [2.24, 2.45) is 0 Å². The second kappa shape index (κ2) is 14.5. The van der Waals surface area contributed by atoms with Crippen LogP contribution in [0, 0.1) is 5.82 Å². The lowest BCUT2D eigenvalue weighted by atomic mass is 9.91. The average molecular weight is 657 g/mol. The monoisotopic (exact) mass is 656 g/mol. The maximum Gasteiger partial charge on any atom is 0.176 e. The van der Waals surface area contributed by atoms with Gasteiger partial charge in [-0.05, 0) is 84.1 Å². The van der Waals surface area contributed by atoms with Crippen molar-refractivity contribution >= 4 is 23.0 Å². The molecule has 0 aromatic heterocycles. The molecule has 0 amide bonds. The zero-order valence-corrected chi connectivity index (χ0v) is 27.1. The molecular formula is C38H41FN2O5S. The summed E-state index contributed by atoms with van der Waals surface area (Å²) in [6.07, 6.45) is 0.928. The number of hydrogen-bond donors (Lipinski definition) is 4. The fraction of sp³-hybridized carbons (Fsp3) is 0.342. The average Bonchev–Trinajstić information content (AvgIpc) is 3.33. The van der Waals surface area contributed by atoms with E-state index in [1.54, 1.807) is 18.2 Å². The molecule has 2 aliphatic rings. The Morgan fingerprint density at radius 3 is 2.32 bits per heavy atom. The first-order valence-corrected chi connectivity index (χ1v) is 16.6. The molecule has 2 saturated heterocycles. The van der Waals surface area contributed by atoms with Gasteiger partial charge in [0.25, 0.3) is 0 Å². The quantitative estimate of drug-likeness (QED) is 0.138. The van der Waals surface area contributed by atoms with Crippen LogP contribution in [-0.4, -0.2) is 62.3 Å². The van der Waals surface area contributed by atoms with Crippen LogP contribution in [0.2, 0.25) is 0 Å². The molecule has 6 rings (SSSR count). The summed E-state index contributed by atoms with van der Waals surface area (Å²) in [5.41, 5.74) is 5.08. The molecule has 0 radical (unpaired) electrons. The topological polar surface area (TPSA) is 96.6 Å². The van der Waals surface area contributed by atoms with Gasteiger partial charge < -0.3 is 35.0 Å². The Balaban J connectivity index is 1.24. The number of halogens is 1. The van der Waals surface area contributed by atoms with E-state index in [-0.39, 0.29) is 42.5 Å². The molecule has 0 aliphatic carbocycles. The molecular weight excluding hydrogens is 615 g/mol. The minimum atomic E-state index is -0.706. The van der Waals surface area contributed by atoms with E-state index in [2.05, 4.69) is 9.80 Å². The molecule has 6 unspecified atom stereocenters. The van der Waals surface area contributed by atoms with Gasteiger partial charge in [0, 0.05) is 31.1 Å². The molecule has 6 atom stereocenters. The highest BCUT2D eigenvalue weighted by molar-refractivity contribution is 7.80. The predicted octanol–water partition coefficient (Wildman–Crippen LogP) is 6.82. The van der Waals surface area contributed by atoms with Gasteiger partial charge in [0.2, 0.25) is 0 Å². The number of benzene rings is 4. The summed E-state index contributed by atoms with van der Waals surface area (Å²) in [6.45, 7) is -0.126. The van der Waals surface area contributed by atoms with Gasteiger partial charge in [0.15, 0.2) is 5.11 Å². The number of aliphatic hydroxyl groups excluding tert-OH is 3. The minimum absolute atomic E-state index is 0.0762. The van der Waals surface area contributed by atoms with Gasteiger partial charge in [0.05, 0.1) is 43.1 Å². The van der Waals surface area contributed by atoms with Crippen LogP contribution in [0.5, 0.6) is 5.75 Å². The van der Waals surface area contributed by atoms with E-state index in [9.17, 15) is 24.8 Å². The lowest BCUT2D eigenvalue weighted by Gasteiger charge is -2.32. The lowest BCUT2D eigenvalue weighted by Crippen LogP contribution is -2.33. The summed E-state index contributed by atoms with van der Waals surface area (Å²) in [4.78, 5) is 4.17. The van der Waals surface area contributed by atoms with Crippen LogP contribution in [0.15, 0.2) is 97.1 Å². The van der Waals surface area contributed by atoms with Gasteiger partial charge in [-0.25, -0.2) is 4.39 Å². The smallest absolute Gasteiger partial charge is 0.176 e. The number of likely N-dealkylation sites (N-methyl/N-ethyl adjacent to an activating group) is 1. The van der Waals surface area contributed by atoms with Gasteiger partial charge >= 0.3 is 0 Å². The summed E-state index contributed by atoms with van der Waals surface area (Å²) in [6, 6.07) is 29.2. The number of aromatic hydroxyl groups is 1. The van der Waals surface area contributed by atoms with Crippen molar-refractivity contribution in [1.82, 2.24) is 4.90 Å². The van der Waals surface area contributed by atoms with Crippen molar-refractivity contribution in [2.75, 3.05) is 18.6 Å². The molecule has 9 heteroatoms. The van der Waals surface area contributed by atoms with Crippen LogP contribution in [0.3, 0.4) is 0 Å². The SMILES string of the molecule is CN1C(=S)N(c2ccccc2)C(c2ccc(-c3ccc(C4CC(O)CC(CO)O4)cc3)cc2O)C1CCCC(O)c1ccc(F)cc1. The van der Waals surface area contributed by atoms with Crippen LogP contribution >= 0.6 is 12.2 Å². The van der Waals surface area contributed by atoms with Crippen LogP contribution in [0.1, 0.15) is 67.0 Å². The van der Waals surface area contributed by atoms with E-state index in [1.165, 1.54) is 12.1 Å². The van der Waals surface area contributed by atoms with Crippen LogP contribution in [0.4, 0.5) is 10.1 Å². The van der Waals surface area contributed by atoms with E-state index in [0.717, 1.165) is 27.9 Å². The Labute approximate surface area is 280 Å². The number of phenols is 1. The highest BCUT2D eigenvalue weighted by Crippen LogP contribution is 2.44. The Bertz CT molecular complexity index is 1660. The number of anilines is 1. The van der Waals surface area contributed by atoms with Crippen LogP contribution in [-0.2, 0) is 4.74 Å². The number of thiocarbonyl (C=S) groups is 1. The molecule has 4 aromatic carbocycles. The molecule has 7 nitrogen and oxygen atoms in total. The fourth-order valence-electron chi connectivity index (χ4n) is 6.93. The molecule has 0 bridgehead atoms. The molecule has 4 aromatic rings. The van der Waals surface area contributed by atoms with Crippen molar-refractivity contribution in [2.45, 2.75) is 68.6 Å². The van der Waals surface area contributed by atoms with Gasteiger partial charge in [-0.3, -0.25) is 0 Å². The van der Waals surface area contributed by atoms with Gasteiger partial charge in [-0.1, -0.05) is 66.7 Å². The predicted molar refractivity (Wildman–Crippen MR) is 185 cm³/mol. The Hall–Kier alpha value is -3.86. The fourth-order valence-corrected chi connectivity index (χ4v) is 7.28. The van der Waals surface area contributed by atoms with Crippen molar-refractivity contribution in [1.29, 1.82) is 0 Å². The van der Waals surface area contributed by atoms with Gasteiger partial charge in [-0.2, -0.15) is 0 Å². The number of hydrogen-bond acceptors (Lipinski definition) is 6. The third-order valence-electron chi connectivity index (χ3n) is 9.46. The number of phenolic OH excluding ortho intramolecular Hbond substituents is 1. The normalized spacial score (nSPS) is 23.7. The second-order valence-corrected chi connectivity index (χ2v) is 12.9. The van der Waals surface area contributed by atoms with Crippen molar-refractivity contribution in [3.63, 3.8) is 0 Å². The van der Waals surface area contributed by atoms with E-state index in [0.29, 0.717) is 42.8 Å². The zero-order chi connectivity index (χ0) is 33.1. The molecule has 4 N–H and O–H groups in total.